The van der Waals surface area contributed by atoms with Crippen LogP contribution in [0.5, 0.6) is 0 Å². The van der Waals surface area contributed by atoms with Gasteiger partial charge in [-0.1, -0.05) is 23.7 Å². The SMILES string of the molecule is O=C(NCc1cccc(Cl)c1)NCC1CCC(CNC(=O)N2CCOCC2)CC1. The highest BCUT2D eigenvalue weighted by atomic mass is 35.5. The Morgan fingerprint density at radius 3 is 2.31 bits per heavy atom. The summed E-state index contributed by atoms with van der Waals surface area (Å²) in [6, 6.07) is 7.35. The minimum Gasteiger partial charge on any atom is -0.378 e. The molecule has 1 heterocycles. The summed E-state index contributed by atoms with van der Waals surface area (Å²) in [7, 11) is 0. The zero-order valence-corrected chi connectivity index (χ0v) is 17.5. The standard InChI is InChI=1S/C21H31ClN4O3/c22-19-3-1-2-18(12-19)15-24-20(27)23-13-16-4-6-17(7-5-16)14-25-21(28)26-8-10-29-11-9-26/h1-3,12,16-17H,4-11,13-15H2,(H,25,28)(H2,23,24,27). The maximum Gasteiger partial charge on any atom is 0.317 e. The third-order valence-corrected chi connectivity index (χ3v) is 5.94. The van der Waals surface area contributed by atoms with Gasteiger partial charge < -0.3 is 25.6 Å². The van der Waals surface area contributed by atoms with Crippen molar-refractivity contribution in [2.75, 3.05) is 39.4 Å². The van der Waals surface area contributed by atoms with Gasteiger partial charge in [-0.2, -0.15) is 0 Å². The summed E-state index contributed by atoms with van der Waals surface area (Å²) in [6.45, 7) is 4.47. The molecule has 0 unspecified atom stereocenters. The number of nitrogens with one attached hydrogen (secondary N) is 3. The summed E-state index contributed by atoms with van der Waals surface area (Å²) in [5, 5.41) is 9.58. The van der Waals surface area contributed by atoms with Crippen LogP contribution in [0.2, 0.25) is 5.02 Å². The summed E-state index contributed by atoms with van der Waals surface area (Å²) in [5.74, 6) is 1.02. The second-order valence-electron chi connectivity index (χ2n) is 7.87. The fraction of sp³-hybridized carbons (Fsp3) is 0.619. The maximum absolute atomic E-state index is 12.2. The van der Waals surface area contributed by atoms with E-state index in [-0.39, 0.29) is 12.1 Å². The highest BCUT2D eigenvalue weighted by Gasteiger charge is 2.23. The van der Waals surface area contributed by atoms with Gasteiger partial charge in [0.2, 0.25) is 0 Å². The van der Waals surface area contributed by atoms with Gasteiger partial charge in [0.15, 0.2) is 0 Å². The third-order valence-electron chi connectivity index (χ3n) is 5.70. The van der Waals surface area contributed by atoms with Gasteiger partial charge in [0.1, 0.15) is 0 Å². The first kappa shape index (κ1) is 21.7. The van der Waals surface area contributed by atoms with Crippen molar-refractivity contribution < 1.29 is 14.3 Å². The van der Waals surface area contributed by atoms with Gasteiger partial charge in [0.05, 0.1) is 13.2 Å². The number of hydrogen-bond acceptors (Lipinski definition) is 3. The van der Waals surface area contributed by atoms with Gasteiger partial charge in [-0.3, -0.25) is 0 Å². The molecule has 3 rings (SSSR count). The first-order valence-corrected chi connectivity index (χ1v) is 10.8. The highest BCUT2D eigenvalue weighted by molar-refractivity contribution is 6.30. The number of ether oxygens (including phenoxy) is 1. The van der Waals surface area contributed by atoms with Gasteiger partial charge >= 0.3 is 12.1 Å². The van der Waals surface area contributed by atoms with Crippen LogP contribution < -0.4 is 16.0 Å². The quantitative estimate of drug-likeness (QED) is 0.659. The van der Waals surface area contributed by atoms with Crippen molar-refractivity contribution in [3.63, 3.8) is 0 Å². The normalized spacial score (nSPS) is 22.0. The number of nitrogens with zero attached hydrogens (tertiary/aromatic N) is 1. The van der Waals surface area contributed by atoms with Gasteiger partial charge in [-0.05, 0) is 55.2 Å². The molecule has 160 valence electrons. The number of urea groups is 2. The van der Waals surface area contributed by atoms with E-state index in [2.05, 4.69) is 16.0 Å². The van der Waals surface area contributed by atoms with Crippen molar-refractivity contribution in [2.45, 2.75) is 32.2 Å². The van der Waals surface area contributed by atoms with Gasteiger partial charge in [0, 0.05) is 37.7 Å². The van der Waals surface area contributed by atoms with E-state index in [0.29, 0.717) is 56.3 Å². The molecule has 2 fully saturated rings. The van der Waals surface area contributed by atoms with Gasteiger partial charge in [-0.15, -0.1) is 0 Å². The Morgan fingerprint density at radius 1 is 1.00 bits per heavy atom. The first-order valence-electron chi connectivity index (χ1n) is 10.5. The van der Waals surface area contributed by atoms with Crippen LogP contribution in [-0.4, -0.2) is 56.4 Å². The smallest absolute Gasteiger partial charge is 0.317 e. The molecular weight excluding hydrogens is 392 g/mol. The number of carbonyl (C=O) groups excluding carboxylic acids is 2. The molecule has 1 aromatic rings. The number of amides is 4. The summed E-state index contributed by atoms with van der Waals surface area (Å²) >= 11 is 5.95. The van der Waals surface area contributed by atoms with Gasteiger partial charge in [-0.25, -0.2) is 9.59 Å². The van der Waals surface area contributed by atoms with Crippen LogP contribution in [-0.2, 0) is 11.3 Å². The Hall–Kier alpha value is -1.99. The van der Waals surface area contributed by atoms with E-state index in [0.717, 1.165) is 37.8 Å². The number of halogens is 1. The van der Waals surface area contributed by atoms with Gasteiger partial charge in [0.25, 0.3) is 0 Å². The van der Waals surface area contributed by atoms with Crippen molar-refractivity contribution in [3.05, 3.63) is 34.9 Å². The van der Waals surface area contributed by atoms with E-state index in [1.807, 2.05) is 29.2 Å². The molecule has 0 spiro atoms. The molecule has 0 aromatic heterocycles. The number of hydrogen-bond donors (Lipinski definition) is 3. The Balaban J connectivity index is 1.26. The number of benzene rings is 1. The molecule has 3 N–H and O–H groups in total. The summed E-state index contributed by atoms with van der Waals surface area (Å²) in [6.07, 6.45) is 4.32. The molecule has 1 saturated carbocycles. The molecule has 8 heteroatoms. The predicted molar refractivity (Wildman–Crippen MR) is 113 cm³/mol. The predicted octanol–water partition coefficient (Wildman–Crippen LogP) is 2.99. The van der Waals surface area contributed by atoms with E-state index in [1.54, 1.807) is 0 Å². The molecule has 0 bridgehead atoms. The van der Waals surface area contributed by atoms with Crippen molar-refractivity contribution in [3.8, 4) is 0 Å². The maximum atomic E-state index is 12.2. The van der Waals surface area contributed by atoms with Crippen LogP contribution in [0, 0.1) is 11.8 Å². The molecule has 4 amide bonds. The largest absolute Gasteiger partial charge is 0.378 e. The minimum absolute atomic E-state index is 0.0217. The summed E-state index contributed by atoms with van der Waals surface area (Å²) in [4.78, 5) is 26.0. The second kappa shape index (κ2) is 11.3. The topological polar surface area (TPSA) is 82.7 Å². The number of rotatable bonds is 6. The molecule has 1 aliphatic heterocycles. The molecule has 0 radical (unpaired) electrons. The van der Waals surface area contributed by atoms with E-state index in [1.165, 1.54) is 0 Å². The van der Waals surface area contributed by atoms with Crippen molar-refractivity contribution >= 4 is 23.7 Å². The molecular formula is C21H31ClN4O3. The van der Waals surface area contributed by atoms with E-state index in [4.69, 9.17) is 16.3 Å². The zero-order chi connectivity index (χ0) is 20.5. The lowest BCUT2D eigenvalue weighted by Crippen LogP contribution is -2.47. The molecule has 1 saturated heterocycles. The van der Waals surface area contributed by atoms with E-state index in [9.17, 15) is 9.59 Å². The number of morpholine rings is 1. The first-order chi connectivity index (χ1) is 14.1. The lowest BCUT2D eigenvalue weighted by atomic mass is 9.82. The Kier molecular flexibility index (Phi) is 8.43. The van der Waals surface area contributed by atoms with Crippen LogP contribution in [0.3, 0.4) is 0 Å². The monoisotopic (exact) mass is 422 g/mol. The molecule has 0 atom stereocenters. The van der Waals surface area contributed by atoms with E-state index < -0.39 is 0 Å². The lowest BCUT2D eigenvalue weighted by Gasteiger charge is -2.31. The third kappa shape index (κ3) is 7.40. The van der Waals surface area contributed by atoms with Crippen LogP contribution in [0.4, 0.5) is 9.59 Å². The van der Waals surface area contributed by atoms with Crippen LogP contribution >= 0.6 is 11.6 Å². The molecule has 2 aliphatic rings. The van der Waals surface area contributed by atoms with E-state index >= 15 is 0 Å². The Bertz CT molecular complexity index is 674. The van der Waals surface area contributed by atoms with Crippen LogP contribution in [0.1, 0.15) is 31.2 Å². The number of carbonyl (C=O) groups is 2. The Labute approximate surface area is 177 Å². The average Bonchev–Trinajstić information content (AvgIpc) is 2.76. The molecule has 7 nitrogen and oxygen atoms in total. The Morgan fingerprint density at radius 2 is 1.66 bits per heavy atom. The average molecular weight is 423 g/mol. The van der Waals surface area contributed by atoms with Crippen molar-refractivity contribution in [1.29, 1.82) is 0 Å². The summed E-state index contributed by atoms with van der Waals surface area (Å²) in [5.41, 5.74) is 0.979. The van der Waals surface area contributed by atoms with Crippen molar-refractivity contribution in [1.82, 2.24) is 20.9 Å². The second-order valence-corrected chi connectivity index (χ2v) is 8.30. The highest BCUT2D eigenvalue weighted by Crippen LogP contribution is 2.28. The molecule has 1 aliphatic carbocycles. The fourth-order valence-electron chi connectivity index (χ4n) is 3.88. The zero-order valence-electron chi connectivity index (χ0n) is 16.8. The van der Waals surface area contributed by atoms with Crippen LogP contribution in [0.15, 0.2) is 24.3 Å². The lowest BCUT2D eigenvalue weighted by molar-refractivity contribution is 0.0528. The minimum atomic E-state index is -0.148. The van der Waals surface area contributed by atoms with Crippen molar-refractivity contribution in [2.24, 2.45) is 11.8 Å². The molecule has 29 heavy (non-hydrogen) atoms. The molecule has 1 aromatic carbocycles. The van der Waals surface area contributed by atoms with Crippen LogP contribution in [0.25, 0.3) is 0 Å². The summed E-state index contributed by atoms with van der Waals surface area (Å²) < 4.78 is 5.28. The fourth-order valence-corrected chi connectivity index (χ4v) is 4.09.